The van der Waals surface area contributed by atoms with Gasteiger partial charge in [-0.05, 0) is 178 Å². The summed E-state index contributed by atoms with van der Waals surface area (Å²) in [5.41, 5.74) is 34.5. The van der Waals surface area contributed by atoms with Crippen LogP contribution in [0.4, 0.5) is 0 Å². The number of nitrogens with zero attached hydrogens (tertiary/aromatic N) is 3. The molecule has 0 saturated heterocycles. The number of fused-ring (bicyclic) bond motifs is 24. The molecule has 576 valence electrons. The third-order valence-corrected chi connectivity index (χ3v) is 24.7. The van der Waals surface area contributed by atoms with Gasteiger partial charge in [-0.2, -0.15) is 0 Å². The zero-order chi connectivity index (χ0) is 80.7. The van der Waals surface area contributed by atoms with E-state index in [1.54, 1.807) is 0 Å². The first-order valence-corrected chi connectivity index (χ1v) is 41.6. The van der Waals surface area contributed by atoms with Crippen molar-refractivity contribution >= 4 is 165 Å². The minimum atomic E-state index is 0.903. The Kier molecular flexibility index (Phi) is 15.8. The second-order valence-corrected chi connectivity index (χ2v) is 31.6. The summed E-state index contributed by atoms with van der Waals surface area (Å²) in [6.07, 6.45) is 0. The van der Waals surface area contributed by atoms with Crippen molar-refractivity contribution in [1.82, 2.24) is 13.7 Å². The average molecular weight is 1580 g/mol. The van der Waals surface area contributed by atoms with Gasteiger partial charge in [0.15, 0.2) is 16.7 Å². The summed E-state index contributed by atoms with van der Waals surface area (Å²) in [4.78, 5) is 0. The molecule has 0 radical (unpaired) electrons. The van der Waals surface area contributed by atoms with Crippen molar-refractivity contribution < 1.29 is 26.5 Å². The fourth-order valence-electron chi connectivity index (χ4n) is 19.0. The molecule has 9 nitrogen and oxygen atoms in total. The van der Waals surface area contributed by atoms with Gasteiger partial charge < -0.3 is 40.2 Å². The molecule has 0 spiro atoms. The van der Waals surface area contributed by atoms with Crippen LogP contribution < -0.4 is 0 Å². The van der Waals surface area contributed by atoms with Gasteiger partial charge >= 0.3 is 0 Å². The lowest BCUT2D eigenvalue weighted by Crippen LogP contribution is -1.92. The Morgan fingerprint density at radius 2 is 0.407 bits per heavy atom. The molecule has 27 aromatic rings. The summed E-state index contributed by atoms with van der Waals surface area (Å²) < 4.78 is 45.6. The summed E-state index contributed by atoms with van der Waals surface area (Å²) in [5.74, 6) is 0. The maximum atomic E-state index is 6.72. The van der Waals surface area contributed by atoms with Crippen LogP contribution in [0.3, 0.4) is 0 Å². The summed E-state index contributed by atoms with van der Waals surface area (Å²) in [5, 5.41) is 13.5. The van der Waals surface area contributed by atoms with Crippen LogP contribution in [0.25, 0.3) is 249 Å². The van der Waals surface area contributed by atoms with Crippen molar-refractivity contribution in [2.45, 2.75) is 0 Å². The highest BCUT2D eigenvalue weighted by Crippen LogP contribution is 2.48. The van der Waals surface area contributed by atoms with Crippen molar-refractivity contribution in [3.8, 4) is 83.8 Å². The minimum absolute atomic E-state index is 0.903. The standard InChI is InChI=1S/3C38H23NO2/c1-2-10-26(11-3-1)39-33-18-6-4-13-31(33)38-35(39)32-17-9-15-28(37(32)41-38)25-22-20-24(21-23-25)27-14-8-16-30-29-12-5-7-19-34(29)40-36(27)30;1-2-9-27(10-3-1)39-33-15-6-4-12-31(33)38-36(39)32-14-8-13-28(37(32)41-38)25-19-17-24(18-20-25)26-21-22-30-29-11-5-7-16-34(29)40-35(30)23-26;1-2-9-27(10-3-1)39-33-15-6-4-12-30(33)38-36(39)31-14-8-13-28(37(31)41-38)25-19-17-24(18-20-25)26-21-22-35-32(23-26)29-11-5-7-16-34(29)40-35/h3*1-23H. The first kappa shape index (κ1) is 69.5. The molecule has 0 amide bonds. The van der Waals surface area contributed by atoms with E-state index in [4.69, 9.17) is 26.5 Å². The quantitative estimate of drug-likeness (QED) is 0.143. The van der Waals surface area contributed by atoms with Gasteiger partial charge in [-0.3, -0.25) is 0 Å². The molecule has 9 heterocycles. The monoisotopic (exact) mass is 1580 g/mol. The molecular formula is C114H69N3O6. The van der Waals surface area contributed by atoms with Gasteiger partial charge in [0.25, 0.3) is 0 Å². The van der Waals surface area contributed by atoms with E-state index in [2.05, 4.69) is 396 Å². The Morgan fingerprint density at radius 1 is 0.138 bits per heavy atom. The predicted molar refractivity (Wildman–Crippen MR) is 506 cm³/mol. The van der Waals surface area contributed by atoms with Crippen LogP contribution in [0.15, 0.2) is 445 Å². The van der Waals surface area contributed by atoms with E-state index >= 15 is 0 Å². The topological polar surface area (TPSA) is 93.6 Å². The second kappa shape index (κ2) is 28.0. The largest absolute Gasteiger partial charge is 0.456 e. The molecule has 9 aromatic heterocycles. The number of benzene rings is 18. The third kappa shape index (κ3) is 11.2. The van der Waals surface area contributed by atoms with Crippen molar-refractivity contribution in [3.63, 3.8) is 0 Å². The van der Waals surface area contributed by atoms with E-state index in [1.807, 2.05) is 36.4 Å². The zero-order valence-corrected chi connectivity index (χ0v) is 66.1. The summed E-state index contributed by atoms with van der Waals surface area (Å²) in [7, 11) is 0. The Morgan fingerprint density at radius 3 is 0.813 bits per heavy atom. The third-order valence-electron chi connectivity index (χ3n) is 24.7. The molecule has 0 saturated carbocycles. The normalized spacial score (nSPS) is 11.9. The highest BCUT2D eigenvalue weighted by molar-refractivity contribution is 6.22. The van der Waals surface area contributed by atoms with Crippen LogP contribution in [0.2, 0.25) is 0 Å². The molecule has 0 atom stereocenters. The van der Waals surface area contributed by atoms with Crippen LogP contribution >= 0.6 is 0 Å². The van der Waals surface area contributed by atoms with E-state index in [-0.39, 0.29) is 0 Å². The summed E-state index contributed by atoms with van der Waals surface area (Å²) in [6.45, 7) is 0. The number of furan rings is 6. The zero-order valence-electron chi connectivity index (χ0n) is 66.1. The van der Waals surface area contributed by atoms with Gasteiger partial charge in [-0.25, -0.2) is 0 Å². The maximum Gasteiger partial charge on any atom is 0.161 e. The van der Waals surface area contributed by atoms with Crippen LogP contribution in [-0.2, 0) is 0 Å². The van der Waals surface area contributed by atoms with Gasteiger partial charge in [0.1, 0.15) is 66.8 Å². The molecule has 0 N–H and O–H groups in total. The number of hydrogen-bond acceptors (Lipinski definition) is 6. The Labute approximate surface area is 702 Å². The summed E-state index contributed by atoms with van der Waals surface area (Å²) >= 11 is 0. The van der Waals surface area contributed by atoms with Gasteiger partial charge in [-0.1, -0.05) is 285 Å². The smallest absolute Gasteiger partial charge is 0.161 e. The highest BCUT2D eigenvalue weighted by atomic mass is 16.4. The lowest BCUT2D eigenvalue weighted by Gasteiger charge is -2.08. The lowest BCUT2D eigenvalue weighted by atomic mass is 9.98. The number of para-hydroxylation sites is 13. The second-order valence-electron chi connectivity index (χ2n) is 31.6. The molecule has 0 aliphatic rings. The van der Waals surface area contributed by atoms with E-state index in [1.165, 1.54) is 11.1 Å². The fourth-order valence-corrected chi connectivity index (χ4v) is 19.0. The van der Waals surface area contributed by atoms with Gasteiger partial charge in [0.2, 0.25) is 0 Å². The van der Waals surface area contributed by atoms with E-state index in [0.29, 0.717) is 0 Å². The first-order valence-electron chi connectivity index (χ1n) is 41.6. The molecule has 0 fully saturated rings. The van der Waals surface area contributed by atoms with Crippen molar-refractivity contribution in [1.29, 1.82) is 0 Å². The van der Waals surface area contributed by atoms with Crippen LogP contribution in [0.5, 0.6) is 0 Å². The highest BCUT2D eigenvalue weighted by Gasteiger charge is 2.26. The minimum Gasteiger partial charge on any atom is -0.456 e. The van der Waals surface area contributed by atoms with E-state index < -0.39 is 0 Å². The predicted octanol–water partition coefficient (Wildman–Crippen LogP) is 32.3. The SMILES string of the molecule is c1ccc(-n2c3ccccc3c3oc4c(-c5ccc(-c6ccc7c(c6)oc6ccccc67)cc5)cccc4c32)cc1.c1ccc(-n2c3ccccc3c3oc4c(-c5ccc(-c6ccc7oc8ccccc8c7c6)cc5)cccc4c32)cc1.c1ccc(-n2c3ccccc3c3oc4c(-c5ccc(-c6cccc7c6oc6ccccc67)cc5)cccc4c32)cc1. The molecule has 27 rings (SSSR count). The van der Waals surface area contributed by atoms with Gasteiger partial charge in [-0.15, -0.1) is 0 Å². The number of aromatic nitrogens is 3. The lowest BCUT2D eigenvalue weighted by molar-refractivity contribution is 0.668. The van der Waals surface area contributed by atoms with Crippen molar-refractivity contribution in [3.05, 3.63) is 419 Å². The first-order chi connectivity index (χ1) is 61.0. The molecule has 0 aliphatic carbocycles. The Bertz CT molecular complexity index is 8830. The molecule has 18 aromatic carbocycles. The van der Waals surface area contributed by atoms with E-state index in [0.717, 1.165) is 237 Å². The molecule has 0 unspecified atom stereocenters. The Balaban J connectivity index is 0.000000101. The van der Waals surface area contributed by atoms with E-state index in [9.17, 15) is 0 Å². The summed E-state index contributed by atoms with van der Waals surface area (Å²) in [6, 6.07) is 146. The molecule has 123 heavy (non-hydrogen) atoms. The van der Waals surface area contributed by atoms with Gasteiger partial charge in [0, 0.05) is 104 Å². The van der Waals surface area contributed by atoms with Crippen LogP contribution in [0.1, 0.15) is 0 Å². The molecule has 0 bridgehead atoms. The van der Waals surface area contributed by atoms with Crippen molar-refractivity contribution in [2.24, 2.45) is 0 Å². The Hall–Kier alpha value is -16.6. The molecular weight excluding hydrogens is 1510 g/mol. The average Bonchev–Trinajstić information content (AvgIpc) is 1.57. The molecule has 0 aliphatic heterocycles. The van der Waals surface area contributed by atoms with Crippen LogP contribution in [0, 0.1) is 0 Å². The molecule has 9 heteroatoms. The van der Waals surface area contributed by atoms with Crippen molar-refractivity contribution in [2.75, 3.05) is 0 Å². The number of rotatable bonds is 9. The van der Waals surface area contributed by atoms with Crippen LogP contribution in [-0.4, -0.2) is 13.7 Å². The van der Waals surface area contributed by atoms with Gasteiger partial charge in [0.05, 0.1) is 16.6 Å². The number of hydrogen-bond donors (Lipinski definition) is 0. The maximum absolute atomic E-state index is 6.72. The fraction of sp³-hybridized carbons (Fsp3) is 0.